The van der Waals surface area contributed by atoms with E-state index in [1.165, 1.54) is 16.2 Å². The zero-order valence-electron chi connectivity index (χ0n) is 16.2. The van der Waals surface area contributed by atoms with Gasteiger partial charge < -0.3 is 5.32 Å². The van der Waals surface area contributed by atoms with Crippen LogP contribution in [0.3, 0.4) is 0 Å². The second-order valence-electron chi connectivity index (χ2n) is 7.00. The second-order valence-corrected chi connectivity index (χ2v) is 8.36. The summed E-state index contributed by atoms with van der Waals surface area (Å²) in [5.41, 5.74) is 4.71. The number of amides is 2. The van der Waals surface area contributed by atoms with Gasteiger partial charge in [0.1, 0.15) is 5.70 Å². The van der Waals surface area contributed by atoms with Crippen LogP contribution in [0.2, 0.25) is 5.02 Å². The summed E-state index contributed by atoms with van der Waals surface area (Å²) in [4.78, 5) is 28.8. The Labute approximate surface area is 178 Å². The quantitative estimate of drug-likeness (QED) is 0.547. The number of aryl methyl sites for hydroxylation is 2. The summed E-state index contributed by atoms with van der Waals surface area (Å²) in [5, 5.41) is 5.65. The predicted octanol–water partition coefficient (Wildman–Crippen LogP) is 5.72. The molecule has 146 valence electrons. The van der Waals surface area contributed by atoms with E-state index in [-0.39, 0.29) is 17.5 Å². The first-order chi connectivity index (χ1) is 13.9. The van der Waals surface area contributed by atoms with Crippen LogP contribution in [0, 0.1) is 20.8 Å². The van der Waals surface area contributed by atoms with E-state index in [1.807, 2.05) is 49.6 Å². The van der Waals surface area contributed by atoms with Gasteiger partial charge in [0.25, 0.3) is 11.8 Å². The van der Waals surface area contributed by atoms with Gasteiger partial charge in [-0.25, -0.2) is 4.90 Å². The second kappa shape index (κ2) is 7.50. The van der Waals surface area contributed by atoms with Crippen molar-refractivity contribution < 1.29 is 9.59 Å². The maximum Gasteiger partial charge on any atom is 0.282 e. The average molecular weight is 423 g/mol. The van der Waals surface area contributed by atoms with Gasteiger partial charge in [0.15, 0.2) is 0 Å². The highest BCUT2D eigenvalue weighted by atomic mass is 35.5. The first-order valence-electron chi connectivity index (χ1n) is 9.15. The van der Waals surface area contributed by atoms with E-state index in [4.69, 9.17) is 11.6 Å². The van der Waals surface area contributed by atoms with Crippen molar-refractivity contribution in [3.63, 3.8) is 0 Å². The molecule has 0 unspecified atom stereocenters. The largest absolute Gasteiger partial charge is 0.350 e. The molecular formula is C23H19ClN2O2S. The molecule has 29 heavy (non-hydrogen) atoms. The maximum absolute atomic E-state index is 13.4. The summed E-state index contributed by atoms with van der Waals surface area (Å²) in [5.74, 6) is -0.736. The monoisotopic (exact) mass is 422 g/mol. The number of thiophene rings is 1. The topological polar surface area (TPSA) is 49.4 Å². The fraction of sp³-hybridized carbons (Fsp3) is 0.130. The van der Waals surface area contributed by atoms with Gasteiger partial charge in [-0.3, -0.25) is 9.59 Å². The Hall–Kier alpha value is -2.89. The molecular weight excluding hydrogens is 404 g/mol. The number of hydrogen-bond acceptors (Lipinski definition) is 4. The van der Waals surface area contributed by atoms with Crippen LogP contribution in [0.4, 0.5) is 11.4 Å². The average Bonchev–Trinajstić information content (AvgIpc) is 3.28. The van der Waals surface area contributed by atoms with Gasteiger partial charge in [0, 0.05) is 15.6 Å². The molecule has 4 nitrogen and oxygen atoms in total. The molecule has 2 heterocycles. The van der Waals surface area contributed by atoms with Gasteiger partial charge >= 0.3 is 0 Å². The van der Waals surface area contributed by atoms with Crippen LogP contribution in [-0.2, 0) is 9.59 Å². The summed E-state index contributed by atoms with van der Waals surface area (Å²) in [6.45, 7) is 5.76. The maximum atomic E-state index is 13.4. The van der Waals surface area contributed by atoms with Gasteiger partial charge in [-0.05, 0) is 67.1 Å². The molecule has 2 aromatic carbocycles. The lowest BCUT2D eigenvalue weighted by Crippen LogP contribution is -2.33. The van der Waals surface area contributed by atoms with Crippen LogP contribution in [0.1, 0.15) is 21.6 Å². The normalized spacial score (nSPS) is 14.1. The van der Waals surface area contributed by atoms with Crippen molar-refractivity contribution in [2.45, 2.75) is 20.8 Å². The lowest BCUT2D eigenvalue weighted by Gasteiger charge is -2.18. The van der Waals surface area contributed by atoms with Gasteiger partial charge in [0.2, 0.25) is 0 Å². The molecule has 6 heteroatoms. The third-order valence-electron chi connectivity index (χ3n) is 4.98. The molecule has 0 bridgehead atoms. The number of rotatable bonds is 4. The van der Waals surface area contributed by atoms with Crippen LogP contribution < -0.4 is 10.2 Å². The van der Waals surface area contributed by atoms with Crippen molar-refractivity contribution >= 4 is 51.7 Å². The van der Waals surface area contributed by atoms with Crippen molar-refractivity contribution in [2.75, 3.05) is 10.2 Å². The van der Waals surface area contributed by atoms with Crippen LogP contribution >= 0.6 is 22.9 Å². The number of imide groups is 1. The van der Waals surface area contributed by atoms with Crippen LogP contribution in [0.5, 0.6) is 0 Å². The van der Waals surface area contributed by atoms with Crippen LogP contribution in [-0.4, -0.2) is 11.8 Å². The molecule has 0 atom stereocenters. The van der Waals surface area contributed by atoms with Crippen LogP contribution in [0.25, 0.3) is 5.57 Å². The third-order valence-corrected chi connectivity index (χ3v) is 6.28. The van der Waals surface area contributed by atoms with Crippen molar-refractivity contribution in [3.8, 4) is 0 Å². The molecule has 0 spiro atoms. The highest BCUT2D eigenvalue weighted by molar-refractivity contribution is 7.11. The Morgan fingerprint density at radius 3 is 2.48 bits per heavy atom. The SMILES string of the molecule is Cc1ccc(C)c(NC2=C(c3cccs3)C(=O)N(c3cccc(Cl)c3C)C2=O)c1. The van der Waals surface area contributed by atoms with E-state index in [0.29, 0.717) is 21.8 Å². The minimum absolute atomic E-state index is 0.283. The molecule has 3 aromatic rings. The number of halogens is 1. The highest BCUT2D eigenvalue weighted by Crippen LogP contribution is 2.38. The van der Waals surface area contributed by atoms with E-state index in [2.05, 4.69) is 5.32 Å². The number of nitrogens with one attached hydrogen (secondary N) is 1. The fourth-order valence-electron chi connectivity index (χ4n) is 3.36. The van der Waals surface area contributed by atoms with Gasteiger partial charge in [-0.15, -0.1) is 11.3 Å². The molecule has 0 saturated heterocycles. The molecule has 1 aliphatic heterocycles. The molecule has 1 N–H and O–H groups in total. The molecule has 1 aromatic heterocycles. The molecule has 2 amide bonds. The minimum Gasteiger partial charge on any atom is -0.350 e. The Morgan fingerprint density at radius 1 is 0.966 bits per heavy atom. The summed E-state index contributed by atoms with van der Waals surface area (Å²) >= 11 is 7.68. The number of nitrogens with zero attached hydrogens (tertiary/aromatic N) is 1. The number of benzene rings is 2. The van der Waals surface area contributed by atoms with Crippen molar-refractivity contribution in [2.24, 2.45) is 0 Å². The zero-order chi connectivity index (χ0) is 20.7. The number of anilines is 2. The fourth-order valence-corrected chi connectivity index (χ4v) is 4.30. The lowest BCUT2D eigenvalue weighted by atomic mass is 10.1. The van der Waals surface area contributed by atoms with E-state index in [0.717, 1.165) is 21.7 Å². The number of hydrogen-bond donors (Lipinski definition) is 1. The summed E-state index contributed by atoms with van der Waals surface area (Å²) in [7, 11) is 0. The Morgan fingerprint density at radius 2 is 1.76 bits per heavy atom. The van der Waals surface area contributed by atoms with E-state index < -0.39 is 0 Å². The first kappa shape index (κ1) is 19.4. The number of carbonyl (C=O) groups excluding carboxylic acids is 2. The predicted molar refractivity (Wildman–Crippen MR) is 119 cm³/mol. The molecule has 0 saturated carbocycles. The first-order valence-corrected chi connectivity index (χ1v) is 10.4. The van der Waals surface area contributed by atoms with Crippen molar-refractivity contribution in [3.05, 3.63) is 86.2 Å². The third kappa shape index (κ3) is 3.37. The summed E-state index contributed by atoms with van der Waals surface area (Å²) < 4.78 is 0. The summed E-state index contributed by atoms with van der Waals surface area (Å²) in [6.07, 6.45) is 0. The lowest BCUT2D eigenvalue weighted by molar-refractivity contribution is -0.120. The van der Waals surface area contributed by atoms with Crippen molar-refractivity contribution in [1.29, 1.82) is 0 Å². The minimum atomic E-state index is -0.385. The summed E-state index contributed by atoms with van der Waals surface area (Å²) in [6, 6.07) is 14.9. The Balaban J connectivity index is 1.85. The van der Waals surface area contributed by atoms with E-state index in [9.17, 15) is 9.59 Å². The molecule has 0 fully saturated rings. The molecule has 4 rings (SSSR count). The smallest absolute Gasteiger partial charge is 0.282 e. The Kier molecular flexibility index (Phi) is 5.03. The van der Waals surface area contributed by atoms with E-state index in [1.54, 1.807) is 25.1 Å². The van der Waals surface area contributed by atoms with Crippen LogP contribution in [0.15, 0.2) is 59.6 Å². The molecule has 0 radical (unpaired) electrons. The van der Waals surface area contributed by atoms with Gasteiger partial charge in [-0.2, -0.15) is 0 Å². The van der Waals surface area contributed by atoms with E-state index >= 15 is 0 Å². The Bertz CT molecular complexity index is 1170. The highest BCUT2D eigenvalue weighted by Gasteiger charge is 2.41. The standard InChI is InChI=1S/C23H19ClN2O2S/c1-13-9-10-14(2)17(12-13)25-21-20(19-8-5-11-29-19)22(27)26(23(21)28)18-7-4-6-16(24)15(18)3/h4-12,25H,1-3H3. The molecule has 1 aliphatic rings. The van der Waals surface area contributed by atoms with Gasteiger partial charge in [0.05, 0.1) is 11.3 Å². The van der Waals surface area contributed by atoms with Gasteiger partial charge in [-0.1, -0.05) is 35.9 Å². The molecule has 0 aliphatic carbocycles. The zero-order valence-corrected chi connectivity index (χ0v) is 17.8. The number of carbonyl (C=O) groups is 2. The van der Waals surface area contributed by atoms with Crippen molar-refractivity contribution in [1.82, 2.24) is 0 Å².